The summed E-state index contributed by atoms with van der Waals surface area (Å²) in [4.78, 5) is 38.4. The summed E-state index contributed by atoms with van der Waals surface area (Å²) in [5.74, 6) is -0.833. The van der Waals surface area contributed by atoms with Gasteiger partial charge < -0.3 is 14.2 Å². The molecule has 0 fully saturated rings. The first-order valence-electron chi connectivity index (χ1n) is 33.8. The van der Waals surface area contributed by atoms with Gasteiger partial charge in [0.1, 0.15) is 13.2 Å². The highest BCUT2D eigenvalue weighted by molar-refractivity contribution is 5.71. The van der Waals surface area contributed by atoms with Crippen LogP contribution >= 0.6 is 0 Å². The molecule has 0 rings (SSSR count). The molecule has 0 amide bonds. The molecular weight excluding hydrogens is 925 g/mol. The van der Waals surface area contributed by atoms with Gasteiger partial charge in [0.2, 0.25) is 0 Å². The van der Waals surface area contributed by atoms with Crippen LogP contribution in [0.5, 0.6) is 0 Å². The summed E-state index contributed by atoms with van der Waals surface area (Å²) in [5, 5.41) is 0. The Labute approximate surface area is 468 Å². The normalized spacial score (nSPS) is 12.1. The summed E-state index contributed by atoms with van der Waals surface area (Å²) < 4.78 is 17.0. The number of ether oxygens (including phenoxy) is 3. The van der Waals surface area contributed by atoms with E-state index in [-0.39, 0.29) is 31.1 Å². The number of hydrogen-bond acceptors (Lipinski definition) is 6. The summed E-state index contributed by atoms with van der Waals surface area (Å²) >= 11 is 0. The fraction of sp³-hybridized carbons (Fsp3) is 0.899. The summed E-state index contributed by atoms with van der Waals surface area (Å²) in [6, 6.07) is 0. The Morgan fingerprint density at radius 3 is 0.733 bits per heavy atom. The van der Waals surface area contributed by atoms with E-state index in [1.807, 2.05) is 0 Å². The topological polar surface area (TPSA) is 78.9 Å². The molecule has 0 spiro atoms. The van der Waals surface area contributed by atoms with Crippen molar-refractivity contribution in [2.75, 3.05) is 13.2 Å². The minimum absolute atomic E-state index is 0.0642. The fourth-order valence-corrected chi connectivity index (χ4v) is 10.4. The van der Waals surface area contributed by atoms with E-state index < -0.39 is 6.10 Å². The molecule has 0 aromatic carbocycles. The van der Waals surface area contributed by atoms with Crippen LogP contribution in [-0.4, -0.2) is 37.2 Å². The van der Waals surface area contributed by atoms with Crippen molar-refractivity contribution >= 4 is 17.9 Å². The van der Waals surface area contributed by atoms with Gasteiger partial charge in [0.25, 0.3) is 0 Å². The highest BCUT2D eigenvalue weighted by Crippen LogP contribution is 2.18. The van der Waals surface area contributed by atoms with Crippen LogP contribution in [0, 0.1) is 0 Å². The highest BCUT2D eigenvalue weighted by atomic mass is 16.6. The van der Waals surface area contributed by atoms with Crippen molar-refractivity contribution in [3.63, 3.8) is 0 Å². The third kappa shape index (κ3) is 62.6. The number of rotatable bonds is 63. The molecule has 0 saturated carbocycles. The lowest BCUT2D eigenvalue weighted by molar-refractivity contribution is -0.167. The fourth-order valence-electron chi connectivity index (χ4n) is 10.4. The zero-order chi connectivity index (χ0) is 54.3. The van der Waals surface area contributed by atoms with Crippen LogP contribution in [0.1, 0.15) is 380 Å². The highest BCUT2D eigenvalue weighted by Gasteiger charge is 2.19. The summed E-state index contributed by atoms with van der Waals surface area (Å²) in [7, 11) is 0. The minimum atomic E-state index is -0.767. The first-order chi connectivity index (χ1) is 37.0. The molecule has 0 saturated heterocycles. The van der Waals surface area contributed by atoms with E-state index in [4.69, 9.17) is 14.2 Å². The van der Waals surface area contributed by atoms with Crippen molar-refractivity contribution in [2.24, 2.45) is 0 Å². The van der Waals surface area contributed by atoms with E-state index >= 15 is 0 Å². The van der Waals surface area contributed by atoms with Gasteiger partial charge in [-0.1, -0.05) is 334 Å². The van der Waals surface area contributed by atoms with Gasteiger partial charge in [-0.15, -0.1) is 0 Å². The predicted octanol–water partition coefficient (Wildman–Crippen LogP) is 23.0. The molecule has 0 aromatic rings. The molecule has 0 aliphatic carbocycles. The third-order valence-electron chi connectivity index (χ3n) is 15.5. The molecule has 6 nitrogen and oxygen atoms in total. The van der Waals surface area contributed by atoms with Crippen molar-refractivity contribution < 1.29 is 28.6 Å². The van der Waals surface area contributed by atoms with E-state index in [1.54, 1.807) is 0 Å². The van der Waals surface area contributed by atoms with Crippen LogP contribution in [0.2, 0.25) is 0 Å². The first kappa shape index (κ1) is 72.9. The summed E-state index contributed by atoms with van der Waals surface area (Å²) in [6.07, 6.45) is 77.6. The van der Waals surface area contributed by atoms with E-state index in [1.165, 1.54) is 276 Å². The first-order valence-corrected chi connectivity index (χ1v) is 33.8. The van der Waals surface area contributed by atoms with E-state index in [2.05, 4.69) is 45.1 Å². The second-order valence-electron chi connectivity index (χ2n) is 23.1. The maximum Gasteiger partial charge on any atom is 0.306 e. The average Bonchev–Trinajstić information content (AvgIpc) is 3.41. The SMILES string of the molecule is CCCCCCC/C=C\C/C=C\CCCCCCCCCCCCCCCC(=O)OCC(COC(=O)CCCCCCCCCCCCCCCCC)OC(=O)CCCCCCCCCCCCCCCCCCC. The second kappa shape index (κ2) is 64.4. The van der Waals surface area contributed by atoms with Crippen molar-refractivity contribution in [1.29, 1.82) is 0 Å². The lowest BCUT2D eigenvalue weighted by Crippen LogP contribution is -2.30. The number of allylic oxidation sites excluding steroid dienone is 4. The van der Waals surface area contributed by atoms with Gasteiger partial charge in [0, 0.05) is 19.3 Å². The van der Waals surface area contributed by atoms with Gasteiger partial charge in [-0.05, 0) is 51.4 Å². The van der Waals surface area contributed by atoms with Gasteiger partial charge in [-0.2, -0.15) is 0 Å². The Balaban J connectivity index is 4.25. The Kier molecular flexibility index (Phi) is 62.6. The molecule has 0 radical (unpaired) electrons. The van der Waals surface area contributed by atoms with E-state index in [9.17, 15) is 14.4 Å². The van der Waals surface area contributed by atoms with Crippen LogP contribution in [0.15, 0.2) is 24.3 Å². The van der Waals surface area contributed by atoms with E-state index in [0.29, 0.717) is 19.3 Å². The van der Waals surface area contributed by atoms with Crippen LogP contribution in [-0.2, 0) is 28.6 Å². The maximum atomic E-state index is 12.9. The standard InChI is InChI=1S/C69H130O6/c1-4-7-10-13-16-19-22-25-28-30-31-32-33-34-35-36-37-39-41-44-47-50-53-56-59-62-68(71)74-65-66(64-73-67(70)61-58-55-52-49-46-43-40-27-24-21-18-15-12-9-6-3)75-69(72)63-60-57-54-51-48-45-42-38-29-26-23-20-17-14-11-8-5-2/h22,25,30-31,66H,4-21,23-24,26-29,32-65H2,1-3H3/b25-22-,31-30-. The number of carbonyl (C=O) groups excluding carboxylic acids is 3. The van der Waals surface area contributed by atoms with Crippen molar-refractivity contribution in [3.05, 3.63) is 24.3 Å². The second-order valence-corrected chi connectivity index (χ2v) is 23.1. The lowest BCUT2D eigenvalue weighted by Gasteiger charge is -2.18. The molecule has 1 atom stereocenters. The van der Waals surface area contributed by atoms with Gasteiger partial charge >= 0.3 is 17.9 Å². The number of carbonyl (C=O) groups is 3. The molecule has 6 heteroatoms. The van der Waals surface area contributed by atoms with Gasteiger partial charge in [-0.25, -0.2) is 0 Å². The molecule has 1 unspecified atom stereocenters. The molecule has 0 N–H and O–H groups in total. The minimum Gasteiger partial charge on any atom is -0.462 e. The van der Waals surface area contributed by atoms with Crippen molar-refractivity contribution in [3.8, 4) is 0 Å². The van der Waals surface area contributed by atoms with Crippen molar-refractivity contribution in [2.45, 2.75) is 386 Å². The van der Waals surface area contributed by atoms with Gasteiger partial charge in [0.05, 0.1) is 0 Å². The number of hydrogen-bond donors (Lipinski definition) is 0. The molecule has 75 heavy (non-hydrogen) atoms. The van der Waals surface area contributed by atoms with Crippen LogP contribution < -0.4 is 0 Å². The molecule has 442 valence electrons. The third-order valence-corrected chi connectivity index (χ3v) is 15.5. The largest absolute Gasteiger partial charge is 0.462 e. The molecule has 0 aromatic heterocycles. The quantitative estimate of drug-likeness (QED) is 0.0261. The Hall–Kier alpha value is -2.11. The van der Waals surface area contributed by atoms with Crippen LogP contribution in [0.25, 0.3) is 0 Å². The molecule has 0 aliphatic rings. The number of unbranched alkanes of at least 4 members (excludes halogenated alkanes) is 48. The molecular formula is C69H130O6. The summed E-state index contributed by atoms with van der Waals surface area (Å²) in [6.45, 7) is 6.71. The maximum absolute atomic E-state index is 12.9. The Morgan fingerprint density at radius 1 is 0.267 bits per heavy atom. The lowest BCUT2D eigenvalue weighted by atomic mass is 10.0. The zero-order valence-corrected chi connectivity index (χ0v) is 50.8. The van der Waals surface area contributed by atoms with Gasteiger partial charge in [0.15, 0.2) is 6.10 Å². The predicted molar refractivity (Wildman–Crippen MR) is 326 cm³/mol. The zero-order valence-electron chi connectivity index (χ0n) is 50.8. The molecule has 0 heterocycles. The van der Waals surface area contributed by atoms with E-state index in [0.717, 1.165) is 64.2 Å². The Bertz CT molecular complexity index is 1210. The van der Waals surface area contributed by atoms with Gasteiger partial charge in [-0.3, -0.25) is 14.4 Å². The number of esters is 3. The Morgan fingerprint density at radius 2 is 0.480 bits per heavy atom. The molecule has 0 bridgehead atoms. The monoisotopic (exact) mass is 1050 g/mol. The van der Waals surface area contributed by atoms with Crippen LogP contribution in [0.3, 0.4) is 0 Å². The molecule has 0 aliphatic heterocycles. The smallest absolute Gasteiger partial charge is 0.306 e. The summed E-state index contributed by atoms with van der Waals surface area (Å²) in [5.41, 5.74) is 0. The van der Waals surface area contributed by atoms with Crippen molar-refractivity contribution in [1.82, 2.24) is 0 Å². The average molecular weight is 1060 g/mol. The van der Waals surface area contributed by atoms with Crippen LogP contribution in [0.4, 0.5) is 0 Å².